The summed E-state index contributed by atoms with van der Waals surface area (Å²) in [7, 11) is 0. The number of carbonyl (C=O) groups is 1. The summed E-state index contributed by atoms with van der Waals surface area (Å²) in [6.07, 6.45) is 7.93. The third-order valence-electron chi connectivity index (χ3n) is 5.03. The molecule has 0 radical (unpaired) electrons. The molecule has 0 aromatic heterocycles. The van der Waals surface area contributed by atoms with Gasteiger partial charge in [0, 0.05) is 6.42 Å². The van der Waals surface area contributed by atoms with E-state index in [4.69, 9.17) is 4.74 Å². The fraction of sp³-hybridized carbons (Fsp3) is 0.667. The van der Waals surface area contributed by atoms with Crippen LogP contribution >= 0.6 is 0 Å². The molecule has 1 saturated heterocycles. The van der Waals surface area contributed by atoms with E-state index in [1.807, 2.05) is 13.8 Å². The van der Waals surface area contributed by atoms with Crippen molar-refractivity contribution in [2.24, 2.45) is 11.3 Å². The molecule has 1 spiro atoms. The van der Waals surface area contributed by atoms with Crippen LogP contribution in [0.2, 0.25) is 0 Å². The third-order valence-corrected chi connectivity index (χ3v) is 5.03. The highest BCUT2D eigenvalue weighted by Crippen LogP contribution is 2.61. The third kappa shape index (κ3) is 1.28. The molecule has 2 fully saturated rings. The Bertz CT molecular complexity index is 458. The van der Waals surface area contributed by atoms with Crippen LogP contribution in [0.5, 0.6) is 0 Å². The number of rotatable bonds is 0. The Morgan fingerprint density at radius 3 is 2.59 bits per heavy atom. The number of hydrogen-bond donors (Lipinski definition) is 0. The second-order valence-electron chi connectivity index (χ2n) is 6.57. The predicted octanol–water partition coefficient (Wildman–Crippen LogP) is 3.04. The van der Waals surface area contributed by atoms with E-state index in [-0.39, 0.29) is 11.0 Å². The van der Waals surface area contributed by atoms with E-state index >= 15 is 0 Å². The predicted molar refractivity (Wildman–Crippen MR) is 66.6 cm³/mol. The summed E-state index contributed by atoms with van der Waals surface area (Å²) in [5, 5.41) is 0. The van der Waals surface area contributed by atoms with Crippen LogP contribution in [0.15, 0.2) is 23.8 Å². The van der Waals surface area contributed by atoms with Gasteiger partial charge in [-0.1, -0.05) is 30.7 Å². The fourth-order valence-electron chi connectivity index (χ4n) is 3.73. The van der Waals surface area contributed by atoms with Gasteiger partial charge in [-0.2, -0.15) is 0 Å². The smallest absolute Gasteiger partial charge is 0.168 e. The summed E-state index contributed by atoms with van der Waals surface area (Å²) in [6, 6.07) is 0. The van der Waals surface area contributed by atoms with Gasteiger partial charge in [-0.15, -0.1) is 0 Å². The molecule has 2 nitrogen and oxygen atoms in total. The first-order valence-corrected chi connectivity index (χ1v) is 6.40. The first-order chi connectivity index (χ1) is 7.81. The number of fused-ring (bicyclic) bond motifs is 1. The zero-order chi connectivity index (χ0) is 12.5. The van der Waals surface area contributed by atoms with Crippen molar-refractivity contribution in [2.45, 2.75) is 51.7 Å². The van der Waals surface area contributed by atoms with E-state index in [0.717, 1.165) is 6.42 Å². The van der Waals surface area contributed by atoms with Gasteiger partial charge >= 0.3 is 0 Å². The lowest BCUT2D eigenvalue weighted by molar-refractivity contribution is -0.130. The summed E-state index contributed by atoms with van der Waals surface area (Å²) in [5.41, 5.74) is 0.640. The van der Waals surface area contributed by atoms with E-state index in [1.54, 1.807) is 0 Å². The molecule has 1 saturated carbocycles. The van der Waals surface area contributed by atoms with Crippen molar-refractivity contribution in [3.63, 3.8) is 0 Å². The maximum absolute atomic E-state index is 12.4. The molecule has 2 unspecified atom stereocenters. The van der Waals surface area contributed by atoms with E-state index in [9.17, 15) is 4.79 Å². The normalized spacial score (nSPS) is 46.7. The molecule has 0 bridgehead atoms. The van der Waals surface area contributed by atoms with Crippen LogP contribution in [0.1, 0.15) is 40.5 Å². The highest BCUT2D eigenvalue weighted by molar-refractivity contribution is 5.93. The van der Waals surface area contributed by atoms with Gasteiger partial charge in [-0.05, 0) is 38.5 Å². The largest absolute Gasteiger partial charge is 0.355 e. The number of Topliss-reactive ketones (excluding diaryl/α,β-unsaturated/α-hetero) is 1. The molecule has 3 rings (SSSR count). The Morgan fingerprint density at radius 1 is 1.35 bits per heavy atom. The molecule has 17 heavy (non-hydrogen) atoms. The van der Waals surface area contributed by atoms with Gasteiger partial charge < -0.3 is 4.74 Å². The maximum atomic E-state index is 12.4. The van der Waals surface area contributed by atoms with Crippen molar-refractivity contribution in [3.05, 3.63) is 23.8 Å². The Morgan fingerprint density at radius 2 is 2.00 bits per heavy atom. The van der Waals surface area contributed by atoms with Gasteiger partial charge in [0.05, 0.1) is 0 Å². The molecule has 2 heteroatoms. The zero-order valence-corrected chi connectivity index (χ0v) is 11.0. The van der Waals surface area contributed by atoms with Crippen LogP contribution in [0.4, 0.5) is 0 Å². The molecule has 0 amide bonds. The molecule has 1 heterocycles. The highest BCUT2D eigenvalue weighted by atomic mass is 16.6. The second-order valence-corrected chi connectivity index (χ2v) is 6.57. The highest BCUT2D eigenvalue weighted by Gasteiger charge is 2.71. The van der Waals surface area contributed by atoms with E-state index in [0.29, 0.717) is 18.1 Å². The molecular formula is C15H20O2. The van der Waals surface area contributed by atoms with Crippen LogP contribution in [0.25, 0.3) is 0 Å². The number of ketones is 1. The minimum absolute atomic E-state index is 0.00317. The van der Waals surface area contributed by atoms with Gasteiger partial charge in [0.2, 0.25) is 0 Å². The Kier molecular flexibility index (Phi) is 1.92. The van der Waals surface area contributed by atoms with Crippen LogP contribution in [0, 0.1) is 11.3 Å². The van der Waals surface area contributed by atoms with Crippen LogP contribution in [-0.4, -0.2) is 17.0 Å². The lowest BCUT2D eigenvalue weighted by Gasteiger charge is -2.43. The lowest BCUT2D eigenvalue weighted by Crippen LogP contribution is -2.47. The molecule has 3 aliphatic rings. The molecule has 1 aliphatic heterocycles. The number of epoxide rings is 1. The van der Waals surface area contributed by atoms with Gasteiger partial charge in [0.1, 0.15) is 5.60 Å². The monoisotopic (exact) mass is 232 g/mol. The summed E-state index contributed by atoms with van der Waals surface area (Å²) in [5.74, 6) is 0.743. The van der Waals surface area contributed by atoms with Gasteiger partial charge in [0.15, 0.2) is 11.4 Å². The first kappa shape index (κ1) is 11.2. The van der Waals surface area contributed by atoms with E-state index in [2.05, 4.69) is 32.1 Å². The summed E-state index contributed by atoms with van der Waals surface area (Å²) in [6.45, 7) is 8.44. The van der Waals surface area contributed by atoms with Crippen molar-refractivity contribution in [3.8, 4) is 0 Å². The van der Waals surface area contributed by atoms with Crippen LogP contribution in [-0.2, 0) is 9.53 Å². The summed E-state index contributed by atoms with van der Waals surface area (Å²) in [4.78, 5) is 12.4. The Balaban J connectivity index is 1.98. The number of ether oxygens (including phenoxy) is 1. The summed E-state index contributed by atoms with van der Waals surface area (Å²) < 4.78 is 5.79. The quantitative estimate of drug-likeness (QED) is 0.601. The van der Waals surface area contributed by atoms with Crippen LogP contribution < -0.4 is 0 Å². The maximum Gasteiger partial charge on any atom is 0.168 e. The molecule has 0 aromatic rings. The minimum Gasteiger partial charge on any atom is -0.355 e. The number of allylic oxidation sites excluding steroid dienone is 4. The van der Waals surface area contributed by atoms with Crippen molar-refractivity contribution >= 4 is 5.78 Å². The van der Waals surface area contributed by atoms with Crippen molar-refractivity contribution < 1.29 is 9.53 Å². The van der Waals surface area contributed by atoms with Gasteiger partial charge in [-0.3, -0.25) is 4.79 Å². The molecule has 0 aromatic carbocycles. The Labute approximate surface area is 103 Å². The number of carbonyl (C=O) groups excluding carboxylic acids is 1. The van der Waals surface area contributed by atoms with Crippen molar-refractivity contribution in [1.29, 1.82) is 0 Å². The molecule has 2 aliphatic carbocycles. The zero-order valence-electron chi connectivity index (χ0n) is 11.0. The Hall–Kier alpha value is -0.890. The first-order valence-electron chi connectivity index (χ1n) is 6.40. The topological polar surface area (TPSA) is 29.6 Å². The molecule has 92 valence electrons. The van der Waals surface area contributed by atoms with Crippen molar-refractivity contribution in [1.82, 2.24) is 0 Å². The van der Waals surface area contributed by atoms with Crippen molar-refractivity contribution in [2.75, 3.05) is 0 Å². The SMILES string of the molecule is CC1=CC=C[C@]2(C)CC(=O)C3(CC12)OC3(C)C. The van der Waals surface area contributed by atoms with E-state index in [1.165, 1.54) is 5.57 Å². The summed E-state index contributed by atoms with van der Waals surface area (Å²) >= 11 is 0. The standard InChI is InChI=1S/C15H20O2/c1-10-6-5-7-14(4)9-12(16)15(8-11(10)14)13(2,3)17-15/h5-7,11H,8-9H2,1-4H3/t11?,14-,15?/m1/s1. The molecule has 3 atom stereocenters. The average molecular weight is 232 g/mol. The van der Waals surface area contributed by atoms with Crippen LogP contribution in [0.3, 0.4) is 0 Å². The van der Waals surface area contributed by atoms with E-state index < -0.39 is 5.60 Å². The second kappa shape index (κ2) is 2.92. The average Bonchev–Trinajstić information content (AvgIpc) is 2.74. The molecule has 0 N–H and O–H groups in total. The van der Waals surface area contributed by atoms with Gasteiger partial charge in [0.25, 0.3) is 0 Å². The number of hydrogen-bond acceptors (Lipinski definition) is 2. The van der Waals surface area contributed by atoms with Gasteiger partial charge in [-0.25, -0.2) is 0 Å². The fourth-order valence-corrected chi connectivity index (χ4v) is 3.73. The molecular weight excluding hydrogens is 212 g/mol. The minimum atomic E-state index is -0.489. The lowest BCUT2D eigenvalue weighted by atomic mass is 9.58.